The Hall–Kier alpha value is -0.770. The van der Waals surface area contributed by atoms with E-state index in [1.807, 2.05) is 19.0 Å². The van der Waals surface area contributed by atoms with Crippen LogP contribution in [0.2, 0.25) is 0 Å². The SMILES string of the molecule is CC1CNCCC12CCN(C(=O)N(C)C)CC2. The Kier molecular flexibility index (Phi) is 3.61. The number of amides is 2. The summed E-state index contributed by atoms with van der Waals surface area (Å²) in [6.07, 6.45) is 3.63. The van der Waals surface area contributed by atoms with Crippen molar-refractivity contribution in [3.63, 3.8) is 0 Å². The molecule has 0 bridgehead atoms. The Balaban J connectivity index is 1.95. The number of hydrogen-bond acceptors (Lipinski definition) is 2. The highest BCUT2D eigenvalue weighted by Gasteiger charge is 2.41. The third-order valence-electron chi connectivity index (χ3n) is 4.71. The lowest BCUT2D eigenvalue weighted by Crippen LogP contribution is -2.52. The fraction of sp³-hybridized carbons (Fsp3) is 0.923. The van der Waals surface area contributed by atoms with Gasteiger partial charge in [0.05, 0.1) is 0 Å². The van der Waals surface area contributed by atoms with E-state index < -0.39 is 0 Å². The van der Waals surface area contributed by atoms with Crippen molar-refractivity contribution >= 4 is 6.03 Å². The fourth-order valence-corrected chi connectivity index (χ4v) is 3.29. The molecule has 0 aliphatic carbocycles. The molecule has 17 heavy (non-hydrogen) atoms. The van der Waals surface area contributed by atoms with Gasteiger partial charge in [0.2, 0.25) is 0 Å². The standard InChI is InChI=1S/C13H25N3O/c1-11-10-14-7-4-13(11)5-8-16(9-6-13)12(17)15(2)3/h11,14H,4-10H2,1-3H3. The average Bonchev–Trinajstić information content (AvgIpc) is 2.33. The number of piperidine rings is 2. The largest absolute Gasteiger partial charge is 0.331 e. The topological polar surface area (TPSA) is 35.6 Å². The van der Waals surface area contributed by atoms with Crippen molar-refractivity contribution in [2.45, 2.75) is 26.2 Å². The van der Waals surface area contributed by atoms with Crippen molar-refractivity contribution in [1.82, 2.24) is 15.1 Å². The maximum atomic E-state index is 11.9. The van der Waals surface area contributed by atoms with Gasteiger partial charge >= 0.3 is 6.03 Å². The zero-order valence-corrected chi connectivity index (χ0v) is 11.3. The molecule has 2 saturated heterocycles. The van der Waals surface area contributed by atoms with Crippen LogP contribution < -0.4 is 5.32 Å². The molecule has 4 heteroatoms. The smallest absolute Gasteiger partial charge is 0.319 e. The van der Waals surface area contributed by atoms with Gasteiger partial charge in [-0.1, -0.05) is 6.92 Å². The molecule has 2 rings (SSSR count). The lowest BCUT2D eigenvalue weighted by atomic mass is 9.65. The van der Waals surface area contributed by atoms with Gasteiger partial charge in [-0.05, 0) is 43.7 Å². The molecular weight excluding hydrogens is 214 g/mol. The number of carbonyl (C=O) groups is 1. The number of nitrogens with zero attached hydrogens (tertiary/aromatic N) is 2. The maximum Gasteiger partial charge on any atom is 0.319 e. The van der Waals surface area contributed by atoms with E-state index in [0.717, 1.165) is 32.1 Å². The second-order valence-corrected chi connectivity index (χ2v) is 5.88. The van der Waals surface area contributed by atoms with E-state index >= 15 is 0 Å². The first kappa shape index (κ1) is 12.7. The minimum absolute atomic E-state index is 0.168. The van der Waals surface area contributed by atoms with Crippen molar-refractivity contribution in [1.29, 1.82) is 0 Å². The molecule has 1 N–H and O–H groups in total. The molecule has 4 nitrogen and oxygen atoms in total. The third kappa shape index (κ3) is 2.41. The van der Waals surface area contributed by atoms with Crippen LogP contribution in [0.25, 0.3) is 0 Å². The Morgan fingerprint density at radius 3 is 2.47 bits per heavy atom. The summed E-state index contributed by atoms with van der Waals surface area (Å²) in [5.41, 5.74) is 0.494. The quantitative estimate of drug-likeness (QED) is 0.693. The van der Waals surface area contributed by atoms with Gasteiger partial charge in [0.25, 0.3) is 0 Å². The molecule has 2 amide bonds. The van der Waals surface area contributed by atoms with Crippen molar-refractivity contribution in [3.05, 3.63) is 0 Å². The number of likely N-dealkylation sites (tertiary alicyclic amines) is 1. The number of rotatable bonds is 0. The zero-order chi connectivity index (χ0) is 12.5. The molecule has 2 aliphatic rings. The van der Waals surface area contributed by atoms with Crippen molar-refractivity contribution < 1.29 is 4.79 Å². The van der Waals surface area contributed by atoms with E-state index in [-0.39, 0.29) is 6.03 Å². The van der Waals surface area contributed by atoms with Crippen molar-refractivity contribution in [2.75, 3.05) is 40.3 Å². The summed E-state index contributed by atoms with van der Waals surface area (Å²) >= 11 is 0. The van der Waals surface area contributed by atoms with Crippen molar-refractivity contribution in [3.8, 4) is 0 Å². The Morgan fingerprint density at radius 1 is 1.29 bits per heavy atom. The van der Waals surface area contributed by atoms with E-state index in [9.17, 15) is 4.79 Å². The Labute approximate surface area is 104 Å². The van der Waals surface area contributed by atoms with Crippen LogP contribution >= 0.6 is 0 Å². The first-order valence-electron chi connectivity index (χ1n) is 6.72. The highest BCUT2D eigenvalue weighted by Crippen LogP contribution is 2.43. The Bertz CT molecular complexity index is 282. The number of nitrogens with one attached hydrogen (secondary N) is 1. The molecule has 2 heterocycles. The van der Waals surface area contributed by atoms with E-state index in [1.165, 1.54) is 19.3 Å². The number of carbonyl (C=O) groups excluding carboxylic acids is 1. The summed E-state index contributed by atoms with van der Waals surface area (Å²) in [7, 11) is 3.67. The predicted octanol–water partition coefficient (Wildman–Crippen LogP) is 1.38. The fourth-order valence-electron chi connectivity index (χ4n) is 3.29. The summed E-state index contributed by atoms with van der Waals surface area (Å²) < 4.78 is 0. The summed E-state index contributed by atoms with van der Waals surface area (Å²) in [5.74, 6) is 0.743. The molecule has 98 valence electrons. The molecule has 0 aromatic carbocycles. The van der Waals surface area contributed by atoms with E-state index in [1.54, 1.807) is 4.90 Å². The van der Waals surface area contributed by atoms with Gasteiger partial charge in [-0.3, -0.25) is 0 Å². The summed E-state index contributed by atoms with van der Waals surface area (Å²) in [6, 6.07) is 0.168. The van der Waals surface area contributed by atoms with Crippen molar-refractivity contribution in [2.24, 2.45) is 11.3 Å². The van der Waals surface area contributed by atoms with Gasteiger partial charge in [0.15, 0.2) is 0 Å². The monoisotopic (exact) mass is 239 g/mol. The van der Waals surface area contributed by atoms with Crippen LogP contribution in [0.1, 0.15) is 26.2 Å². The van der Waals surface area contributed by atoms with Gasteiger partial charge in [-0.25, -0.2) is 4.79 Å². The van der Waals surface area contributed by atoms with E-state index in [4.69, 9.17) is 0 Å². The van der Waals surface area contributed by atoms with Gasteiger partial charge < -0.3 is 15.1 Å². The third-order valence-corrected chi connectivity index (χ3v) is 4.71. The summed E-state index contributed by atoms with van der Waals surface area (Å²) in [5, 5.41) is 3.47. The molecular formula is C13H25N3O. The molecule has 2 aliphatic heterocycles. The highest BCUT2D eigenvalue weighted by atomic mass is 16.2. The Morgan fingerprint density at radius 2 is 1.94 bits per heavy atom. The van der Waals surface area contributed by atoms with Crippen LogP contribution in [0, 0.1) is 11.3 Å². The molecule has 1 unspecified atom stereocenters. The van der Waals surface area contributed by atoms with Gasteiger partial charge in [-0.2, -0.15) is 0 Å². The van der Waals surface area contributed by atoms with Crippen LogP contribution in [0.4, 0.5) is 4.79 Å². The van der Waals surface area contributed by atoms with Crippen LogP contribution in [-0.2, 0) is 0 Å². The lowest BCUT2D eigenvalue weighted by molar-refractivity contribution is 0.0378. The normalized spacial score (nSPS) is 28.2. The molecule has 1 spiro atoms. The van der Waals surface area contributed by atoms with E-state index in [2.05, 4.69) is 12.2 Å². The molecule has 0 saturated carbocycles. The first-order valence-corrected chi connectivity index (χ1v) is 6.72. The van der Waals surface area contributed by atoms with Gasteiger partial charge in [0.1, 0.15) is 0 Å². The number of urea groups is 1. The minimum atomic E-state index is 0.168. The zero-order valence-electron chi connectivity index (χ0n) is 11.3. The van der Waals surface area contributed by atoms with Gasteiger partial charge in [0, 0.05) is 27.2 Å². The predicted molar refractivity (Wildman–Crippen MR) is 69.0 cm³/mol. The van der Waals surface area contributed by atoms with E-state index in [0.29, 0.717) is 5.41 Å². The average molecular weight is 239 g/mol. The minimum Gasteiger partial charge on any atom is -0.331 e. The lowest BCUT2D eigenvalue weighted by Gasteiger charge is -2.48. The van der Waals surface area contributed by atoms with Gasteiger partial charge in [-0.15, -0.1) is 0 Å². The molecule has 1 atom stereocenters. The molecule has 0 aromatic heterocycles. The summed E-state index contributed by atoms with van der Waals surface area (Å²) in [4.78, 5) is 15.6. The van der Waals surface area contributed by atoms with Crippen LogP contribution in [-0.4, -0.2) is 56.1 Å². The molecule has 2 fully saturated rings. The maximum absolute atomic E-state index is 11.9. The second-order valence-electron chi connectivity index (χ2n) is 5.88. The van der Waals surface area contributed by atoms with Crippen LogP contribution in [0.5, 0.6) is 0 Å². The van der Waals surface area contributed by atoms with Crippen LogP contribution in [0.15, 0.2) is 0 Å². The molecule has 0 radical (unpaired) electrons. The highest BCUT2D eigenvalue weighted by molar-refractivity contribution is 5.73. The summed E-state index contributed by atoms with van der Waals surface area (Å²) in [6.45, 7) is 6.51. The van der Waals surface area contributed by atoms with Crippen LogP contribution in [0.3, 0.4) is 0 Å². The molecule has 0 aromatic rings. The number of hydrogen-bond donors (Lipinski definition) is 1. The second kappa shape index (κ2) is 4.84. The first-order chi connectivity index (χ1) is 8.05.